The number of aliphatic imine (C=N–C) groups is 1. The molecule has 1 unspecified atom stereocenters. The predicted molar refractivity (Wildman–Crippen MR) is 86.4 cm³/mol. The molecule has 3 heterocycles. The second-order valence-electron chi connectivity index (χ2n) is 5.77. The van der Waals surface area contributed by atoms with E-state index in [1.54, 1.807) is 6.92 Å². The van der Waals surface area contributed by atoms with Crippen LogP contribution in [0.15, 0.2) is 50.4 Å². The number of ether oxygens (including phenoxy) is 2. The third-order valence-corrected chi connectivity index (χ3v) is 4.27. The lowest BCUT2D eigenvalue weighted by molar-refractivity contribution is -0.132. The molecule has 0 spiro atoms. The molecular weight excluding hydrogens is 310 g/mol. The smallest absolute Gasteiger partial charge is 0.356 e. The standard InChI is InChI=1S/C17H15N3O4/c1-8-14-16(20-19-15(8)17(21)22)13(9(2)18-14)10-3-4-11-12(7-10)24-6-5-23-11/h3-4,7,14H,5-6H2,1-2H3,(H,21,22). The lowest BCUT2D eigenvalue weighted by Gasteiger charge is -2.19. The van der Waals surface area contributed by atoms with E-state index in [4.69, 9.17) is 9.47 Å². The summed E-state index contributed by atoms with van der Waals surface area (Å²) in [5.41, 5.74) is 3.81. The van der Waals surface area contributed by atoms with Gasteiger partial charge in [0.1, 0.15) is 25.0 Å². The Hall–Kier alpha value is -2.96. The first kappa shape index (κ1) is 14.6. The van der Waals surface area contributed by atoms with Crippen LogP contribution in [0, 0.1) is 0 Å². The Morgan fingerprint density at radius 2 is 1.92 bits per heavy atom. The number of allylic oxidation sites excluding steroid dienone is 1. The third kappa shape index (κ3) is 2.12. The van der Waals surface area contributed by atoms with Crippen LogP contribution < -0.4 is 9.47 Å². The van der Waals surface area contributed by atoms with Crippen LogP contribution in [0.4, 0.5) is 0 Å². The van der Waals surface area contributed by atoms with E-state index in [1.807, 2.05) is 25.1 Å². The zero-order valence-electron chi connectivity index (χ0n) is 13.2. The highest BCUT2D eigenvalue weighted by Gasteiger charge is 2.34. The van der Waals surface area contributed by atoms with Crippen LogP contribution in [-0.4, -0.2) is 36.0 Å². The zero-order chi connectivity index (χ0) is 16.8. The van der Waals surface area contributed by atoms with Crippen LogP contribution in [0.25, 0.3) is 5.57 Å². The van der Waals surface area contributed by atoms with Crippen molar-refractivity contribution in [2.45, 2.75) is 19.9 Å². The highest BCUT2D eigenvalue weighted by molar-refractivity contribution is 6.26. The van der Waals surface area contributed by atoms with Gasteiger partial charge in [0.2, 0.25) is 0 Å². The Balaban J connectivity index is 1.81. The molecule has 0 bridgehead atoms. The zero-order valence-corrected chi connectivity index (χ0v) is 13.2. The van der Waals surface area contributed by atoms with Crippen molar-refractivity contribution in [2.75, 3.05) is 13.2 Å². The summed E-state index contributed by atoms with van der Waals surface area (Å²) in [6, 6.07) is 5.30. The fourth-order valence-electron chi connectivity index (χ4n) is 3.13. The SMILES string of the molecule is CC1=NC2C(C)=C(C(=O)O)N=NC2=C1c1ccc2c(c1)OCCO2. The van der Waals surface area contributed by atoms with Crippen molar-refractivity contribution in [1.29, 1.82) is 0 Å². The maximum Gasteiger partial charge on any atom is 0.356 e. The molecule has 0 saturated heterocycles. The molecule has 0 aromatic heterocycles. The predicted octanol–water partition coefficient (Wildman–Crippen LogP) is 2.84. The lowest BCUT2D eigenvalue weighted by Crippen LogP contribution is -2.16. The molecule has 1 aromatic carbocycles. The number of carboxylic acids is 1. The van der Waals surface area contributed by atoms with E-state index >= 15 is 0 Å². The summed E-state index contributed by atoms with van der Waals surface area (Å²) in [6.45, 7) is 4.68. The molecule has 122 valence electrons. The summed E-state index contributed by atoms with van der Waals surface area (Å²) >= 11 is 0. The molecular formula is C17H15N3O4. The quantitative estimate of drug-likeness (QED) is 0.905. The third-order valence-electron chi connectivity index (χ3n) is 4.27. The number of azo groups is 1. The van der Waals surface area contributed by atoms with E-state index < -0.39 is 12.0 Å². The van der Waals surface area contributed by atoms with E-state index in [9.17, 15) is 9.90 Å². The minimum absolute atomic E-state index is 0.0382. The molecule has 4 rings (SSSR count). The number of hydrogen-bond donors (Lipinski definition) is 1. The fraction of sp³-hybridized carbons (Fsp3) is 0.294. The van der Waals surface area contributed by atoms with Crippen LogP contribution in [0.5, 0.6) is 11.5 Å². The summed E-state index contributed by atoms with van der Waals surface area (Å²) in [5, 5.41) is 17.2. The van der Waals surface area contributed by atoms with Gasteiger partial charge in [-0.3, -0.25) is 4.99 Å². The van der Waals surface area contributed by atoms with Gasteiger partial charge in [-0.05, 0) is 37.1 Å². The van der Waals surface area contributed by atoms with Gasteiger partial charge < -0.3 is 14.6 Å². The molecule has 0 aliphatic carbocycles. The molecule has 7 nitrogen and oxygen atoms in total. The van der Waals surface area contributed by atoms with Crippen molar-refractivity contribution in [3.05, 3.63) is 40.7 Å². The molecule has 3 aliphatic heterocycles. The van der Waals surface area contributed by atoms with Gasteiger partial charge in [-0.2, -0.15) is 5.11 Å². The second-order valence-corrected chi connectivity index (χ2v) is 5.77. The average Bonchev–Trinajstić information content (AvgIpc) is 2.91. The summed E-state index contributed by atoms with van der Waals surface area (Å²) in [4.78, 5) is 15.8. The van der Waals surface area contributed by atoms with Crippen LogP contribution in [0.3, 0.4) is 0 Å². The summed E-state index contributed by atoms with van der Waals surface area (Å²) in [5.74, 6) is 0.319. The summed E-state index contributed by atoms with van der Waals surface area (Å²) in [6.07, 6.45) is 0. The van der Waals surface area contributed by atoms with Crippen molar-refractivity contribution in [3.63, 3.8) is 0 Å². The lowest BCUT2D eigenvalue weighted by atomic mass is 9.96. The van der Waals surface area contributed by atoms with Crippen molar-refractivity contribution in [3.8, 4) is 11.5 Å². The first-order valence-electron chi connectivity index (χ1n) is 7.61. The minimum Gasteiger partial charge on any atom is -0.486 e. The molecule has 0 fully saturated rings. The number of benzene rings is 1. The van der Waals surface area contributed by atoms with E-state index in [0.29, 0.717) is 36.0 Å². The molecule has 0 saturated carbocycles. The van der Waals surface area contributed by atoms with Crippen LogP contribution in [0.2, 0.25) is 0 Å². The van der Waals surface area contributed by atoms with Crippen molar-refractivity contribution in [2.24, 2.45) is 15.2 Å². The first-order valence-corrected chi connectivity index (χ1v) is 7.61. The van der Waals surface area contributed by atoms with Gasteiger partial charge >= 0.3 is 5.97 Å². The van der Waals surface area contributed by atoms with Crippen molar-refractivity contribution < 1.29 is 19.4 Å². The fourth-order valence-corrected chi connectivity index (χ4v) is 3.13. The van der Waals surface area contributed by atoms with Crippen LogP contribution >= 0.6 is 0 Å². The maximum atomic E-state index is 11.2. The molecule has 1 atom stereocenters. The van der Waals surface area contributed by atoms with Crippen molar-refractivity contribution in [1.82, 2.24) is 0 Å². The number of carbonyl (C=O) groups is 1. The number of aliphatic carboxylic acids is 1. The molecule has 3 aliphatic rings. The van der Waals surface area contributed by atoms with Gasteiger partial charge in [0.15, 0.2) is 17.2 Å². The Bertz CT molecular complexity index is 880. The topological polar surface area (TPSA) is 92.8 Å². The van der Waals surface area contributed by atoms with Crippen molar-refractivity contribution >= 4 is 17.3 Å². The average molecular weight is 325 g/mol. The van der Waals surface area contributed by atoms with E-state index in [2.05, 4.69) is 15.2 Å². The summed E-state index contributed by atoms with van der Waals surface area (Å²) < 4.78 is 11.2. The second kappa shape index (κ2) is 5.30. The van der Waals surface area contributed by atoms with Gasteiger partial charge in [-0.1, -0.05) is 6.07 Å². The largest absolute Gasteiger partial charge is 0.486 e. The van der Waals surface area contributed by atoms with E-state index in [0.717, 1.165) is 16.8 Å². The van der Waals surface area contributed by atoms with E-state index in [1.165, 1.54) is 0 Å². The first-order chi connectivity index (χ1) is 11.6. The van der Waals surface area contributed by atoms with Gasteiger partial charge in [-0.15, -0.1) is 5.11 Å². The van der Waals surface area contributed by atoms with E-state index in [-0.39, 0.29) is 5.70 Å². The molecule has 0 radical (unpaired) electrons. The number of rotatable bonds is 2. The Kier molecular flexibility index (Phi) is 3.23. The van der Waals surface area contributed by atoms with Gasteiger partial charge in [-0.25, -0.2) is 4.79 Å². The van der Waals surface area contributed by atoms with Crippen LogP contribution in [0.1, 0.15) is 19.4 Å². The molecule has 24 heavy (non-hydrogen) atoms. The normalized spacial score (nSPS) is 21.8. The van der Waals surface area contributed by atoms with Gasteiger partial charge in [0, 0.05) is 11.3 Å². The van der Waals surface area contributed by atoms with Gasteiger partial charge in [0.05, 0.1) is 0 Å². The Morgan fingerprint density at radius 3 is 2.67 bits per heavy atom. The molecule has 0 amide bonds. The molecule has 7 heteroatoms. The highest BCUT2D eigenvalue weighted by Crippen LogP contribution is 2.40. The maximum absolute atomic E-state index is 11.2. The monoisotopic (exact) mass is 325 g/mol. The Morgan fingerprint density at radius 1 is 1.17 bits per heavy atom. The number of nitrogens with zero attached hydrogens (tertiary/aromatic N) is 3. The number of carboxylic acid groups (broad SMARTS) is 1. The van der Waals surface area contributed by atoms with Gasteiger partial charge in [0.25, 0.3) is 0 Å². The van der Waals surface area contributed by atoms with Crippen LogP contribution in [-0.2, 0) is 4.79 Å². The molecule has 1 aromatic rings. The molecule has 1 N–H and O–H groups in total. The minimum atomic E-state index is -1.09. The Labute approximate surface area is 138 Å². The number of fused-ring (bicyclic) bond motifs is 2. The summed E-state index contributed by atoms with van der Waals surface area (Å²) in [7, 11) is 0. The highest BCUT2D eigenvalue weighted by atomic mass is 16.6. The number of hydrogen-bond acceptors (Lipinski definition) is 6.